The second-order valence-electron chi connectivity index (χ2n) is 7.30. The Kier molecular flexibility index (Phi) is 5.58. The lowest BCUT2D eigenvalue weighted by Gasteiger charge is -2.22. The van der Waals surface area contributed by atoms with Gasteiger partial charge in [-0.15, -0.1) is 0 Å². The molecule has 0 radical (unpaired) electrons. The first-order valence-corrected chi connectivity index (χ1v) is 9.83. The smallest absolute Gasteiger partial charge is 0.225 e. The van der Waals surface area contributed by atoms with Gasteiger partial charge < -0.3 is 4.90 Å². The van der Waals surface area contributed by atoms with Gasteiger partial charge in [0.15, 0.2) is 0 Å². The number of anilines is 1. The first kappa shape index (κ1) is 18.5. The molecule has 0 N–H and O–H groups in total. The zero-order valence-electron chi connectivity index (χ0n) is 16.5. The maximum absolute atomic E-state index is 4.86. The number of aromatic nitrogens is 4. The molecule has 0 aromatic carbocycles. The Labute approximate surface area is 166 Å². The summed E-state index contributed by atoms with van der Waals surface area (Å²) in [6.45, 7) is 9.00. The Morgan fingerprint density at radius 3 is 2.54 bits per heavy atom. The molecule has 1 aliphatic rings. The molecule has 3 aromatic rings. The van der Waals surface area contributed by atoms with Crippen molar-refractivity contribution in [1.29, 1.82) is 0 Å². The fourth-order valence-electron chi connectivity index (χ4n) is 3.68. The van der Waals surface area contributed by atoms with Crippen LogP contribution in [0.25, 0.3) is 11.3 Å². The number of hydrogen-bond acceptors (Lipinski definition) is 6. The van der Waals surface area contributed by atoms with E-state index >= 15 is 0 Å². The van der Waals surface area contributed by atoms with Crippen LogP contribution in [0.2, 0.25) is 0 Å². The largest absolute Gasteiger partial charge is 0.339 e. The highest BCUT2D eigenvalue weighted by Crippen LogP contribution is 2.22. The third-order valence-electron chi connectivity index (χ3n) is 5.17. The predicted octanol–water partition coefficient (Wildman–Crippen LogP) is 3.26. The van der Waals surface area contributed by atoms with Crippen LogP contribution in [-0.2, 0) is 6.54 Å². The maximum Gasteiger partial charge on any atom is 0.225 e. The van der Waals surface area contributed by atoms with Crippen LogP contribution in [0.15, 0.2) is 48.9 Å². The van der Waals surface area contributed by atoms with E-state index in [2.05, 4.69) is 43.0 Å². The molecule has 1 aliphatic heterocycles. The summed E-state index contributed by atoms with van der Waals surface area (Å²) in [6, 6.07) is 10.3. The van der Waals surface area contributed by atoms with Gasteiger partial charge in [-0.1, -0.05) is 0 Å². The van der Waals surface area contributed by atoms with Crippen LogP contribution < -0.4 is 4.90 Å². The van der Waals surface area contributed by atoms with Crippen LogP contribution in [0.4, 0.5) is 5.95 Å². The van der Waals surface area contributed by atoms with Crippen molar-refractivity contribution in [1.82, 2.24) is 24.8 Å². The summed E-state index contributed by atoms with van der Waals surface area (Å²) < 4.78 is 0. The predicted molar refractivity (Wildman–Crippen MR) is 111 cm³/mol. The first-order valence-electron chi connectivity index (χ1n) is 9.83. The first-order chi connectivity index (χ1) is 13.7. The van der Waals surface area contributed by atoms with Gasteiger partial charge in [0, 0.05) is 68.3 Å². The fourth-order valence-corrected chi connectivity index (χ4v) is 3.68. The van der Waals surface area contributed by atoms with Crippen molar-refractivity contribution in [2.75, 3.05) is 31.1 Å². The van der Waals surface area contributed by atoms with Crippen molar-refractivity contribution < 1.29 is 0 Å². The lowest BCUT2D eigenvalue weighted by Crippen LogP contribution is -2.31. The molecular weight excluding hydrogens is 348 g/mol. The molecule has 0 atom stereocenters. The molecule has 0 unspecified atom stereocenters. The van der Waals surface area contributed by atoms with Crippen LogP contribution in [0.1, 0.15) is 23.4 Å². The molecule has 0 bridgehead atoms. The van der Waals surface area contributed by atoms with Gasteiger partial charge in [0.25, 0.3) is 0 Å². The van der Waals surface area contributed by atoms with Crippen LogP contribution in [0, 0.1) is 13.8 Å². The van der Waals surface area contributed by atoms with Crippen LogP contribution in [0.3, 0.4) is 0 Å². The minimum absolute atomic E-state index is 0.809. The zero-order chi connectivity index (χ0) is 19.3. The third kappa shape index (κ3) is 4.34. The molecule has 1 fully saturated rings. The summed E-state index contributed by atoms with van der Waals surface area (Å²) in [5.74, 6) is 0.809. The molecule has 6 nitrogen and oxygen atoms in total. The number of pyridine rings is 2. The van der Waals surface area contributed by atoms with Gasteiger partial charge in [0.2, 0.25) is 5.95 Å². The van der Waals surface area contributed by atoms with E-state index in [0.717, 1.165) is 67.7 Å². The van der Waals surface area contributed by atoms with E-state index in [0.29, 0.717) is 0 Å². The van der Waals surface area contributed by atoms with Crippen molar-refractivity contribution in [2.24, 2.45) is 0 Å². The van der Waals surface area contributed by atoms with Crippen molar-refractivity contribution in [2.45, 2.75) is 26.8 Å². The van der Waals surface area contributed by atoms with Crippen LogP contribution in [-0.4, -0.2) is 51.0 Å². The Hall–Kier alpha value is -2.86. The van der Waals surface area contributed by atoms with Crippen molar-refractivity contribution in [3.05, 3.63) is 65.9 Å². The molecule has 1 saturated heterocycles. The Balaban J connectivity index is 1.47. The highest BCUT2D eigenvalue weighted by atomic mass is 15.3. The summed E-state index contributed by atoms with van der Waals surface area (Å²) in [5.41, 5.74) is 5.35. The van der Waals surface area contributed by atoms with E-state index < -0.39 is 0 Å². The van der Waals surface area contributed by atoms with Crippen molar-refractivity contribution in [3.8, 4) is 11.3 Å². The molecule has 0 amide bonds. The van der Waals surface area contributed by atoms with E-state index in [1.54, 1.807) is 0 Å². The molecule has 3 aromatic heterocycles. The lowest BCUT2D eigenvalue weighted by molar-refractivity contribution is 0.285. The average molecular weight is 374 g/mol. The van der Waals surface area contributed by atoms with Crippen molar-refractivity contribution >= 4 is 5.95 Å². The lowest BCUT2D eigenvalue weighted by atomic mass is 10.1. The summed E-state index contributed by atoms with van der Waals surface area (Å²) in [4.78, 5) is 22.9. The molecule has 144 valence electrons. The SMILES string of the molecule is Cc1ccc(-c2ccnc(N3CCCN(Cc4ccncc4)CC3)n2)c(C)n1. The molecule has 0 saturated carbocycles. The van der Waals surface area contributed by atoms with Gasteiger partial charge >= 0.3 is 0 Å². The Morgan fingerprint density at radius 1 is 0.857 bits per heavy atom. The molecule has 0 spiro atoms. The highest BCUT2D eigenvalue weighted by Gasteiger charge is 2.18. The normalized spacial score (nSPS) is 15.4. The van der Waals surface area contributed by atoms with E-state index in [4.69, 9.17) is 4.98 Å². The number of rotatable bonds is 4. The minimum atomic E-state index is 0.809. The molecule has 4 heterocycles. The van der Waals surface area contributed by atoms with E-state index in [1.165, 1.54) is 5.56 Å². The summed E-state index contributed by atoms with van der Waals surface area (Å²) >= 11 is 0. The quantitative estimate of drug-likeness (QED) is 0.699. The zero-order valence-corrected chi connectivity index (χ0v) is 16.5. The van der Waals surface area contributed by atoms with Crippen LogP contribution >= 0.6 is 0 Å². The standard InChI is InChI=1S/C22H26N6/c1-17-4-5-20(18(2)25-17)21-8-11-24-22(26-21)28-13-3-12-27(14-15-28)16-19-6-9-23-10-7-19/h4-11H,3,12-16H2,1-2H3. The number of hydrogen-bond donors (Lipinski definition) is 0. The molecule has 28 heavy (non-hydrogen) atoms. The second kappa shape index (κ2) is 8.44. The van der Waals surface area contributed by atoms with Crippen LogP contribution in [0.5, 0.6) is 0 Å². The van der Waals surface area contributed by atoms with E-state index in [9.17, 15) is 0 Å². The third-order valence-corrected chi connectivity index (χ3v) is 5.17. The Morgan fingerprint density at radius 2 is 1.71 bits per heavy atom. The number of nitrogens with zero attached hydrogens (tertiary/aromatic N) is 6. The monoisotopic (exact) mass is 374 g/mol. The Bertz CT molecular complexity index is 927. The van der Waals surface area contributed by atoms with Gasteiger partial charge in [-0.05, 0) is 56.2 Å². The van der Waals surface area contributed by atoms with Gasteiger partial charge in [0.05, 0.1) is 5.69 Å². The summed E-state index contributed by atoms with van der Waals surface area (Å²) in [7, 11) is 0. The van der Waals surface area contributed by atoms with E-state index in [1.807, 2.05) is 44.6 Å². The van der Waals surface area contributed by atoms with Gasteiger partial charge in [-0.25, -0.2) is 9.97 Å². The molecule has 0 aliphatic carbocycles. The highest BCUT2D eigenvalue weighted by molar-refractivity contribution is 5.62. The second-order valence-corrected chi connectivity index (χ2v) is 7.30. The molecular formula is C22H26N6. The van der Waals surface area contributed by atoms with Crippen molar-refractivity contribution in [3.63, 3.8) is 0 Å². The van der Waals surface area contributed by atoms with Gasteiger partial charge in [-0.3, -0.25) is 14.9 Å². The molecule has 6 heteroatoms. The molecule has 4 rings (SSSR count). The fraction of sp³-hybridized carbons (Fsp3) is 0.364. The van der Waals surface area contributed by atoms with Gasteiger partial charge in [-0.2, -0.15) is 0 Å². The topological polar surface area (TPSA) is 58.0 Å². The average Bonchev–Trinajstić information content (AvgIpc) is 2.94. The van der Waals surface area contributed by atoms with E-state index in [-0.39, 0.29) is 0 Å². The number of aryl methyl sites for hydroxylation is 2. The summed E-state index contributed by atoms with van der Waals surface area (Å²) in [6.07, 6.45) is 6.68. The minimum Gasteiger partial charge on any atom is -0.339 e. The van der Waals surface area contributed by atoms with Gasteiger partial charge in [0.1, 0.15) is 0 Å². The summed E-state index contributed by atoms with van der Waals surface area (Å²) in [5, 5.41) is 0. The maximum atomic E-state index is 4.86.